The van der Waals surface area contributed by atoms with Crippen molar-refractivity contribution in [2.75, 3.05) is 6.61 Å². The minimum Gasteiger partial charge on any atom is -0.490 e. The highest BCUT2D eigenvalue weighted by Gasteiger charge is 2.40. The largest absolute Gasteiger partial charge is 0.490 e. The van der Waals surface area contributed by atoms with Crippen LogP contribution in [0.1, 0.15) is 44.1 Å². The average molecular weight is 274 g/mol. The number of nitrogen functional groups attached to an aromatic ring is 1. The molecule has 4 nitrogen and oxygen atoms in total. The summed E-state index contributed by atoms with van der Waals surface area (Å²) in [5.74, 6) is 0.882. The van der Waals surface area contributed by atoms with Gasteiger partial charge in [0.05, 0.1) is 12.2 Å². The Balaban J connectivity index is 1.68. The van der Waals surface area contributed by atoms with Crippen molar-refractivity contribution >= 4 is 5.84 Å². The maximum atomic E-state index is 7.48. The molecule has 1 aliphatic carbocycles. The predicted octanol–water partition coefficient (Wildman–Crippen LogP) is 2.84. The molecule has 0 radical (unpaired) electrons. The number of nitrogens with two attached hydrogens (primary N) is 1. The highest BCUT2D eigenvalue weighted by atomic mass is 16.5. The van der Waals surface area contributed by atoms with Crippen LogP contribution in [0.25, 0.3) is 0 Å². The van der Waals surface area contributed by atoms with Crippen LogP contribution in [0, 0.1) is 5.41 Å². The number of hydrogen-bond donors (Lipinski definition) is 2. The maximum Gasteiger partial charge on any atom is 0.122 e. The zero-order chi connectivity index (χ0) is 14.0. The molecule has 1 aromatic rings. The molecule has 2 fully saturated rings. The van der Waals surface area contributed by atoms with Gasteiger partial charge in [-0.15, -0.1) is 0 Å². The lowest BCUT2D eigenvalue weighted by molar-refractivity contribution is -0.108. The molecule has 2 aliphatic rings. The van der Waals surface area contributed by atoms with Gasteiger partial charge in [0.15, 0.2) is 0 Å². The summed E-state index contributed by atoms with van der Waals surface area (Å²) >= 11 is 0. The van der Waals surface area contributed by atoms with Gasteiger partial charge >= 0.3 is 0 Å². The van der Waals surface area contributed by atoms with E-state index in [0.717, 1.165) is 25.2 Å². The van der Waals surface area contributed by atoms with Crippen LogP contribution < -0.4 is 10.5 Å². The smallest absolute Gasteiger partial charge is 0.122 e. The van der Waals surface area contributed by atoms with Gasteiger partial charge in [0, 0.05) is 18.4 Å². The van der Waals surface area contributed by atoms with Gasteiger partial charge in [-0.25, -0.2) is 0 Å². The summed E-state index contributed by atoms with van der Waals surface area (Å²) in [6.07, 6.45) is 7.01. The van der Waals surface area contributed by atoms with Gasteiger partial charge in [-0.05, 0) is 25.0 Å². The monoisotopic (exact) mass is 274 g/mol. The summed E-state index contributed by atoms with van der Waals surface area (Å²) in [7, 11) is 0. The number of nitrogens with one attached hydrogen (secondary N) is 1. The van der Waals surface area contributed by atoms with Gasteiger partial charge in [0.2, 0.25) is 0 Å². The van der Waals surface area contributed by atoms with Gasteiger partial charge in [-0.2, -0.15) is 0 Å². The molecule has 1 unspecified atom stereocenters. The highest BCUT2D eigenvalue weighted by molar-refractivity contribution is 5.95. The van der Waals surface area contributed by atoms with E-state index in [0.29, 0.717) is 5.56 Å². The summed E-state index contributed by atoms with van der Waals surface area (Å²) in [5.41, 5.74) is 6.30. The summed E-state index contributed by atoms with van der Waals surface area (Å²) < 4.78 is 12.1. The minimum absolute atomic E-state index is 0.0705. The summed E-state index contributed by atoms with van der Waals surface area (Å²) in [5, 5.41) is 7.48. The average Bonchev–Trinajstić information content (AvgIpc) is 2.87. The first-order valence-electron chi connectivity index (χ1n) is 7.42. The van der Waals surface area contributed by atoms with Crippen molar-refractivity contribution < 1.29 is 9.47 Å². The molecule has 20 heavy (non-hydrogen) atoms. The fourth-order valence-electron chi connectivity index (χ4n) is 3.38. The van der Waals surface area contributed by atoms with Crippen molar-refractivity contribution in [3.05, 3.63) is 29.8 Å². The predicted molar refractivity (Wildman–Crippen MR) is 78.3 cm³/mol. The van der Waals surface area contributed by atoms with E-state index in [1.165, 1.54) is 25.7 Å². The zero-order valence-corrected chi connectivity index (χ0v) is 11.7. The topological polar surface area (TPSA) is 68.3 Å². The molecule has 108 valence electrons. The van der Waals surface area contributed by atoms with E-state index in [1.54, 1.807) is 0 Å². The number of hydrogen-bond acceptors (Lipinski definition) is 3. The molecular weight excluding hydrogens is 252 g/mol. The zero-order valence-electron chi connectivity index (χ0n) is 11.7. The molecular formula is C16H22N2O2. The minimum atomic E-state index is 0.0705. The van der Waals surface area contributed by atoms with Crippen LogP contribution in [-0.4, -0.2) is 24.1 Å². The number of amidine groups is 1. The third kappa shape index (κ3) is 2.80. The van der Waals surface area contributed by atoms with Crippen LogP contribution in [0.4, 0.5) is 0 Å². The molecule has 1 spiro atoms. The molecule has 4 heteroatoms. The molecule has 1 atom stereocenters. The van der Waals surface area contributed by atoms with Crippen LogP contribution in [0.5, 0.6) is 5.75 Å². The Morgan fingerprint density at radius 3 is 2.90 bits per heavy atom. The van der Waals surface area contributed by atoms with E-state index in [9.17, 15) is 0 Å². The second-order valence-electron chi connectivity index (χ2n) is 5.91. The Morgan fingerprint density at radius 2 is 2.15 bits per heavy atom. The molecule has 0 amide bonds. The van der Waals surface area contributed by atoms with Crippen molar-refractivity contribution in [1.29, 1.82) is 5.41 Å². The molecule has 1 aliphatic heterocycles. The van der Waals surface area contributed by atoms with E-state index < -0.39 is 0 Å². The van der Waals surface area contributed by atoms with Crippen molar-refractivity contribution in [3.63, 3.8) is 0 Å². The Bertz CT molecular complexity index is 495. The summed E-state index contributed by atoms with van der Waals surface area (Å²) in [4.78, 5) is 0. The lowest BCUT2D eigenvalue weighted by Crippen LogP contribution is -2.41. The van der Waals surface area contributed by atoms with E-state index in [1.807, 2.05) is 24.3 Å². The van der Waals surface area contributed by atoms with Crippen LogP contribution in [0.3, 0.4) is 0 Å². The summed E-state index contributed by atoms with van der Waals surface area (Å²) in [6, 6.07) is 7.50. The second-order valence-corrected chi connectivity index (χ2v) is 5.91. The van der Waals surface area contributed by atoms with Crippen molar-refractivity contribution in [3.8, 4) is 5.75 Å². The van der Waals surface area contributed by atoms with E-state index in [2.05, 4.69) is 0 Å². The molecule has 3 rings (SSSR count). The highest BCUT2D eigenvalue weighted by Crippen LogP contribution is 2.40. The first-order valence-corrected chi connectivity index (χ1v) is 7.42. The normalized spacial score (nSPS) is 24.7. The van der Waals surface area contributed by atoms with Crippen molar-refractivity contribution in [1.82, 2.24) is 0 Å². The molecule has 0 aromatic heterocycles. The van der Waals surface area contributed by atoms with Gasteiger partial charge < -0.3 is 15.2 Å². The van der Waals surface area contributed by atoms with E-state index in [-0.39, 0.29) is 17.5 Å². The molecule has 1 heterocycles. The Kier molecular flexibility index (Phi) is 3.66. The third-order valence-electron chi connectivity index (χ3n) is 4.41. The molecule has 3 N–H and O–H groups in total. The van der Waals surface area contributed by atoms with Gasteiger partial charge in [0.1, 0.15) is 17.7 Å². The SMILES string of the molecule is N=C(N)c1cccc(OC2CCOC3(CCCC3)C2)c1. The van der Waals surface area contributed by atoms with E-state index in [4.69, 9.17) is 20.6 Å². The van der Waals surface area contributed by atoms with Gasteiger partial charge in [-0.1, -0.05) is 25.0 Å². The van der Waals surface area contributed by atoms with Gasteiger partial charge in [-0.3, -0.25) is 5.41 Å². The number of benzene rings is 1. The quantitative estimate of drug-likeness (QED) is 0.658. The first-order chi connectivity index (χ1) is 9.67. The van der Waals surface area contributed by atoms with Gasteiger partial charge in [0.25, 0.3) is 0 Å². The second kappa shape index (κ2) is 5.44. The Morgan fingerprint density at radius 1 is 1.35 bits per heavy atom. The lowest BCUT2D eigenvalue weighted by Gasteiger charge is -2.38. The fraction of sp³-hybridized carbons (Fsp3) is 0.562. The van der Waals surface area contributed by atoms with Crippen LogP contribution in [-0.2, 0) is 4.74 Å². The molecule has 1 saturated heterocycles. The lowest BCUT2D eigenvalue weighted by atomic mass is 9.90. The maximum absolute atomic E-state index is 7.48. The number of ether oxygens (including phenoxy) is 2. The van der Waals surface area contributed by atoms with Crippen molar-refractivity contribution in [2.45, 2.75) is 50.2 Å². The number of rotatable bonds is 3. The Hall–Kier alpha value is -1.55. The Labute approximate surface area is 119 Å². The van der Waals surface area contributed by atoms with Crippen LogP contribution >= 0.6 is 0 Å². The third-order valence-corrected chi connectivity index (χ3v) is 4.41. The van der Waals surface area contributed by atoms with Crippen LogP contribution in [0.15, 0.2) is 24.3 Å². The van der Waals surface area contributed by atoms with Crippen LogP contribution in [0.2, 0.25) is 0 Å². The standard InChI is InChI=1S/C16H22N2O2/c17-15(18)12-4-3-5-13(10-12)20-14-6-9-19-16(11-14)7-1-2-8-16/h3-5,10,14H,1-2,6-9,11H2,(H3,17,18). The molecule has 1 aromatic carbocycles. The first kappa shape index (κ1) is 13.4. The fourth-order valence-corrected chi connectivity index (χ4v) is 3.38. The van der Waals surface area contributed by atoms with E-state index >= 15 is 0 Å². The summed E-state index contributed by atoms with van der Waals surface area (Å²) in [6.45, 7) is 0.789. The van der Waals surface area contributed by atoms with Crippen molar-refractivity contribution in [2.24, 2.45) is 5.73 Å². The molecule has 0 bridgehead atoms. The molecule has 1 saturated carbocycles.